The van der Waals surface area contributed by atoms with E-state index in [9.17, 15) is 14.4 Å². The summed E-state index contributed by atoms with van der Waals surface area (Å²) in [6.45, 7) is 5.51. The van der Waals surface area contributed by atoms with Crippen molar-refractivity contribution in [2.45, 2.75) is 44.0 Å². The molecule has 0 radical (unpaired) electrons. The van der Waals surface area contributed by atoms with E-state index in [1.165, 1.54) is 0 Å². The Balaban J connectivity index is 1.79. The monoisotopic (exact) mass is 481 g/mol. The molecular formula is C24H27N5O4S. The number of hydrogen-bond acceptors (Lipinski definition) is 7. The molecular weight excluding hydrogens is 454 g/mol. The van der Waals surface area contributed by atoms with Crippen LogP contribution in [0.25, 0.3) is 11.3 Å². The van der Waals surface area contributed by atoms with Crippen LogP contribution in [0.5, 0.6) is 5.75 Å². The van der Waals surface area contributed by atoms with Gasteiger partial charge in [0.05, 0.1) is 18.0 Å². The number of methoxy groups -OCH3 is 1. The van der Waals surface area contributed by atoms with Gasteiger partial charge in [-0.3, -0.25) is 19.4 Å². The number of aromatic amines is 1. The minimum atomic E-state index is -0.490. The van der Waals surface area contributed by atoms with Gasteiger partial charge in [-0.2, -0.15) is 0 Å². The summed E-state index contributed by atoms with van der Waals surface area (Å²) < 4.78 is 5.13. The third-order valence-corrected chi connectivity index (χ3v) is 6.22. The topological polar surface area (TPSA) is 126 Å². The Bertz CT molecular complexity index is 1230. The fraction of sp³-hybridized carbons (Fsp3) is 0.292. The molecule has 0 saturated heterocycles. The molecule has 9 nitrogen and oxygen atoms in total. The summed E-state index contributed by atoms with van der Waals surface area (Å²) in [7, 11) is 1.57. The lowest BCUT2D eigenvalue weighted by Crippen LogP contribution is -2.25. The first kappa shape index (κ1) is 25.0. The summed E-state index contributed by atoms with van der Waals surface area (Å²) >= 11 is 1.13. The van der Waals surface area contributed by atoms with E-state index in [2.05, 4.69) is 25.8 Å². The fourth-order valence-electron chi connectivity index (χ4n) is 3.11. The second kappa shape index (κ2) is 11.5. The number of aryl methyl sites for hydroxylation is 1. The molecule has 1 aromatic heterocycles. The lowest BCUT2D eigenvalue weighted by Gasteiger charge is -2.14. The predicted octanol–water partition coefficient (Wildman–Crippen LogP) is 4.01. The molecule has 0 aliphatic rings. The average Bonchev–Trinajstić information content (AvgIpc) is 2.84. The SMILES string of the molecule is CCC(=O)Nc1ccc(C)cc1-c1nnc(SC(CC)C(=O)Nc2ccc(OC)cc2)[nH]c1=O. The third kappa shape index (κ3) is 6.22. The largest absolute Gasteiger partial charge is 0.497 e. The summed E-state index contributed by atoms with van der Waals surface area (Å²) in [6.07, 6.45) is 0.825. The van der Waals surface area contributed by atoms with Crippen LogP contribution in [0, 0.1) is 6.92 Å². The van der Waals surface area contributed by atoms with E-state index < -0.39 is 10.8 Å². The van der Waals surface area contributed by atoms with Gasteiger partial charge in [-0.05, 0) is 49.7 Å². The first-order valence-electron chi connectivity index (χ1n) is 10.8. The number of hydrogen-bond donors (Lipinski definition) is 3. The van der Waals surface area contributed by atoms with E-state index in [0.717, 1.165) is 17.3 Å². The molecule has 10 heteroatoms. The highest BCUT2D eigenvalue weighted by Crippen LogP contribution is 2.27. The molecule has 1 atom stereocenters. The van der Waals surface area contributed by atoms with Crippen molar-refractivity contribution in [3.05, 3.63) is 58.4 Å². The first-order chi connectivity index (χ1) is 16.3. The normalized spacial score (nSPS) is 11.5. The van der Waals surface area contributed by atoms with E-state index in [4.69, 9.17) is 4.74 Å². The van der Waals surface area contributed by atoms with Gasteiger partial charge < -0.3 is 15.4 Å². The number of nitrogens with zero attached hydrogens (tertiary/aromatic N) is 2. The third-order valence-electron chi connectivity index (χ3n) is 4.98. The van der Waals surface area contributed by atoms with Crippen LogP contribution in [0.2, 0.25) is 0 Å². The van der Waals surface area contributed by atoms with Crippen LogP contribution in [0.4, 0.5) is 11.4 Å². The van der Waals surface area contributed by atoms with Crippen LogP contribution in [-0.2, 0) is 9.59 Å². The molecule has 0 spiro atoms. The molecule has 34 heavy (non-hydrogen) atoms. The van der Waals surface area contributed by atoms with Crippen molar-refractivity contribution in [2.24, 2.45) is 0 Å². The minimum absolute atomic E-state index is 0.0928. The van der Waals surface area contributed by atoms with Crippen molar-refractivity contribution in [3.8, 4) is 17.0 Å². The lowest BCUT2D eigenvalue weighted by molar-refractivity contribution is -0.116. The van der Waals surface area contributed by atoms with E-state index in [-0.39, 0.29) is 22.7 Å². The van der Waals surface area contributed by atoms with Gasteiger partial charge in [-0.15, -0.1) is 10.2 Å². The number of carbonyl (C=O) groups excluding carboxylic acids is 2. The van der Waals surface area contributed by atoms with Gasteiger partial charge in [0.1, 0.15) is 5.75 Å². The van der Waals surface area contributed by atoms with Gasteiger partial charge in [0, 0.05) is 17.7 Å². The molecule has 2 aromatic carbocycles. The molecule has 3 rings (SSSR count). The van der Waals surface area contributed by atoms with Crippen molar-refractivity contribution >= 4 is 35.0 Å². The number of benzene rings is 2. The smallest absolute Gasteiger partial charge is 0.278 e. The maximum Gasteiger partial charge on any atom is 0.278 e. The predicted molar refractivity (Wildman–Crippen MR) is 133 cm³/mol. The van der Waals surface area contributed by atoms with Gasteiger partial charge in [0.25, 0.3) is 5.56 Å². The zero-order valence-corrected chi connectivity index (χ0v) is 20.3. The molecule has 0 aliphatic carbocycles. The molecule has 1 heterocycles. The van der Waals surface area contributed by atoms with E-state index in [1.807, 2.05) is 19.9 Å². The van der Waals surface area contributed by atoms with Gasteiger partial charge >= 0.3 is 0 Å². The molecule has 0 bridgehead atoms. The second-order valence-electron chi connectivity index (χ2n) is 7.49. The Morgan fingerprint density at radius 1 is 1.09 bits per heavy atom. The molecule has 3 aromatic rings. The summed E-state index contributed by atoms with van der Waals surface area (Å²) in [6, 6.07) is 12.4. The summed E-state index contributed by atoms with van der Waals surface area (Å²) in [5.74, 6) is 0.307. The minimum Gasteiger partial charge on any atom is -0.497 e. The quantitative estimate of drug-likeness (QED) is 0.394. The van der Waals surface area contributed by atoms with Crippen LogP contribution < -0.4 is 20.9 Å². The molecule has 0 fully saturated rings. The van der Waals surface area contributed by atoms with Crippen LogP contribution in [-0.4, -0.2) is 39.4 Å². The van der Waals surface area contributed by atoms with Crippen molar-refractivity contribution in [2.75, 3.05) is 17.7 Å². The summed E-state index contributed by atoms with van der Waals surface area (Å²) in [4.78, 5) is 40.2. The molecule has 0 saturated carbocycles. The second-order valence-corrected chi connectivity index (χ2v) is 8.68. The highest BCUT2D eigenvalue weighted by Gasteiger charge is 2.21. The molecule has 3 N–H and O–H groups in total. The Labute approximate surface area is 201 Å². The highest BCUT2D eigenvalue weighted by molar-refractivity contribution is 8.00. The van der Waals surface area contributed by atoms with Crippen LogP contribution >= 0.6 is 11.8 Å². The standard InChI is InChI=1S/C24H27N5O4S/c1-5-19(22(31)25-15-8-10-16(33-4)11-9-15)34-24-27-23(32)21(28-29-24)17-13-14(3)7-12-18(17)26-20(30)6-2/h7-13,19H,5-6H2,1-4H3,(H,25,31)(H,26,30)(H,27,29,32). The van der Waals surface area contributed by atoms with Gasteiger partial charge in [-0.1, -0.05) is 37.2 Å². The van der Waals surface area contributed by atoms with Crippen molar-refractivity contribution in [3.63, 3.8) is 0 Å². The van der Waals surface area contributed by atoms with Gasteiger partial charge in [0.2, 0.25) is 11.8 Å². The maximum atomic E-state index is 12.9. The lowest BCUT2D eigenvalue weighted by atomic mass is 10.1. The number of carbonyl (C=O) groups is 2. The van der Waals surface area contributed by atoms with Gasteiger partial charge in [0.15, 0.2) is 10.9 Å². The van der Waals surface area contributed by atoms with Gasteiger partial charge in [-0.25, -0.2) is 0 Å². The van der Waals surface area contributed by atoms with Crippen LogP contribution in [0.1, 0.15) is 32.3 Å². The number of rotatable bonds is 9. The first-order valence-corrected chi connectivity index (χ1v) is 11.7. The average molecular weight is 482 g/mol. The van der Waals surface area contributed by atoms with Crippen molar-refractivity contribution < 1.29 is 14.3 Å². The van der Waals surface area contributed by atoms with E-state index in [1.54, 1.807) is 50.4 Å². The molecule has 0 aliphatic heterocycles. The Morgan fingerprint density at radius 2 is 1.82 bits per heavy atom. The Kier molecular flexibility index (Phi) is 8.42. The molecule has 178 valence electrons. The van der Waals surface area contributed by atoms with Crippen molar-refractivity contribution in [1.29, 1.82) is 0 Å². The number of nitrogens with one attached hydrogen (secondary N) is 3. The zero-order valence-electron chi connectivity index (χ0n) is 19.5. The number of amides is 2. The highest BCUT2D eigenvalue weighted by atomic mass is 32.2. The summed E-state index contributed by atoms with van der Waals surface area (Å²) in [5.41, 5.74) is 2.15. The van der Waals surface area contributed by atoms with Crippen LogP contribution in [0.15, 0.2) is 52.4 Å². The number of anilines is 2. The zero-order chi connectivity index (χ0) is 24.7. The van der Waals surface area contributed by atoms with Crippen molar-refractivity contribution in [1.82, 2.24) is 15.2 Å². The number of thioether (sulfide) groups is 1. The number of aromatic nitrogens is 3. The maximum absolute atomic E-state index is 12.9. The van der Waals surface area contributed by atoms with Crippen LogP contribution in [0.3, 0.4) is 0 Å². The summed E-state index contributed by atoms with van der Waals surface area (Å²) in [5, 5.41) is 13.6. The Morgan fingerprint density at radius 3 is 2.44 bits per heavy atom. The fourth-order valence-corrected chi connectivity index (χ4v) is 3.95. The van der Waals surface area contributed by atoms with E-state index >= 15 is 0 Å². The number of ether oxygens (including phenoxy) is 1. The number of H-pyrrole nitrogens is 1. The molecule has 2 amide bonds. The van der Waals surface area contributed by atoms with E-state index in [0.29, 0.717) is 35.5 Å². The molecule has 1 unspecified atom stereocenters. The Hall–Kier alpha value is -3.66.